The van der Waals surface area contributed by atoms with E-state index in [9.17, 15) is 4.39 Å². The second kappa shape index (κ2) is 5.33. The van der Waals surface area contributed by atoms with Gasteiger partial charge in [0, 0.05) is 6.54 Å². The number of anilines is 1. The lowest BCUT2D eigenvalue weighted by Gasteiger charge is -2.13. The van der Waals surface area contributed by atoms with Crippen LogP contribution in [0.25, 0.3) is 0 Å². The molecule has 0 radical (unpaired) electrons. The molecule has 1 atom stereocenters. The maximum atomic E-state index is 13.2. The Morgan fingerprint density at radius 1 is 1.53 bits per heavy atom. The highest BCUT2D eigenvalue weighted by Crippen LogP contribution is 2.25. The minimum Gasteiger partial charge on any atom is -0.383 e. The minimum absolute atomic E-state index is 0.248. The molecule has 1 unspecified atom stereocenters. The van der Waals surface area contributed by atoms with Crippen molar-refractivity contribution < 1.29 is 4.39 Å². The van der Waals surface area contributed by atoms with Crippen molar-refractivity contribution >= 4 is 17.3 Å². The molecule has 1 rings (SSSR count). The summed E-state index contributed by atoms with van der Waals surface area (Å²) in [6, 6.07) is 3.03. The van der Waals surface area contributed by atoms with Crippen molar-refractivity contribution in [2.24, 2.45) is 11.7 Å². The number of hydrogen-bond donors (Lipinski definition) is 2. The van der Waals surface area contributed by atoms with Crippen molar-refractivity contribution in [1.29, 1.82) is 0 Å². The average molecular weight is 231 g/mol. The van der Waals surface area contributed by atoms with Crippen LogP contribution < -0.4 is 11.1 Å². The van der Waals surface area contributed by atoms with Crippen molar-refractivity contribution in [2.45, 2.75) is 13.8 Å². The zero-order chi connectivity index (χ0) is 11.4. The summed E-state index contributed by atoms with van der Waals surface area (Å²) in [6.07, 6.45) is 0. The maximum absolute atomic E-state index is 13.2. The Morgan fingerprint density at radius 3 is 2.80 bits per heavy atom. The van der Waals surface area contributed by atoms with Gasteiger partial charge in [-0.2, -0.15) is 0 Å². The number of nitrogens with one attached hydrogen (secondary N) is 1. The zero-order valence-electron chi connectivity index (χ0n) is 8.98. The van der Waals surface area contributed by atoms with Crippen LogP contribution in [0, 0.1) is 18.7 Å². The SMILES string of the molecule is Cc1cc(Cl)c(NCC(C)CN)cc1F. The second-order valence-corrected chi connectivity index (χ2v) is 4.21. The molecular formula is C11H16ClFN2. The summed E-state index contributed by atoms with van der Waals surface area (Å²) in [5.74, 6) is 0.0905. The molecule has 0 aliphatic rings. The Bertz CT molecular complexity index is 342. The largest absolute Gasteiger partial charge is 0.383 e. The van der Waals surface area contributed by atoms with Crippen LogP contribution in [0.2, 0.25) is 5.02 Å². The molecule has 2 nitrogen and oxygen atoms in total. The van der Waals surface area contributed by atoms with E-state index in [2.05, 4.69) is 5.32 Å². The van der Waals surface area contributed by atoms with Crippen molar-refractivity contribution in [2.75, 3.05) is 18.4 Å². The number of hydrogen-bond acceptors (Lipinski definition) is 2. The van der Waals surface area contributed by atoms with Gasteiger partial charge < -0.3 is 11.1 Å². The molecule has 0 fully saturated rings. The van der Waals surface area contributed by atoms with E-state index in [0.29, 0.717) is 35.3 Å². The zero-order valence-corrected chi connectivity index (χ0v) is 9.74. The summed E-state index contributed by atoms with van der Waals surface area (Å²) in [5, 5.41) is 3.62. The normalized spacial score (nSPS) is 12.6. The quantitative estimate of drug-likeness (QED) is 0.835. The van der Waals surface area contributed by atoms with Gasteiger partial charge in [0.25, 0.3) is 0 Å². The van der Waals surface area contributed by atoms with Crippen molar-refractivity contribution in [1.82, 2.24) is 0 Å². The molecule has 0 bridgehead atoms. The lowest BCUT2D eigenvalue weighted by Crippen LogP contribution is -2.19. The van der Waals surface area contributed by atoms with E-state index >= 15 is 0 Å². The molecule has 4 heteroatoms. The molecule has 0 aliphatic heterocycles. The van der Waals surface area contributed by atoms with Gasteiger partial charge in [-0.15, -0.1) is 0 Å². The van der Waals surface area contributed by atoms with E-state index in [4.69, 9.17) is 17.3 Å². The van der Waals surface area contributed by atoms with E-state index in [1.54, 1.807) is 13.0 Å². The third-order valence-electron chi connectivity index (χ3n) is 2.29. The number of nitrogens with two attached hydrogens (primary N) is 1. The van der Waals surface area contributed by atoms with E-state index in [-0.39, 0.29) is 5.82 Å². The fourth-order valence-electron chi connectivity index (χ4n) is 1.15. The molecule has 0 heterocycles. The van der Waals surface area contributed by atoms with Gasteiger partial charge in [-0.1, -0.05) is 18.5 Å². The smallest absolute Gasteiger partial charge is 0.128 e. The third-order valence-corrected chi connectivity index (χ3v) is 2.60. The van der Waals surface area contributed by atoms with Gasteiger partial charge in [-0.25, -0.2) is 4.39 Å². The first-order valence-electron chi connectivity index (χ1n) is 4.94. The Balaban J connectivity index is 2.73. The van der Waals surface area contributed by atoms with Crippen LogP contribution in [0.4, 0.5) is 10.1 Å². The number of rotatable bonds is 4. The fraction of sp³-hybridized carbons (Fsp3) is 0.455. The molecule has 0 saturated heterocycles. The van der Waals surface area contributed by atoms with Gasteiger partial charge in [-0.3, -0.25) is 0 Å². The summed E-state index contributed by atoms with van der Waals surface area (Å²) in [6.45, 7) is 5.00. The Kier molecular flexibility index (Phi) is 4.36. The standard InChI is InChI=1S/C11H16ClFN2/c1-7(5-14)6-15-11-4-10(13)8(2)3-9(11)12/h3-4,7,15H,5-6,14H2,1-2H3. The molecule has 0 saturated carbocycles. The van der Waals surface area contributed by atoms with Crippen molar-refractivity contribution in [3.8, 4) is 0 Å². The van der Waals surface area contributed by atoms with E-state index in [1.807, 2.05) is 6.92 Å². The van der Waals surface area contributed by atoms with Gasteiger partial charge in [0.2, 0.25) is 0 Å². The van der Waals surface area contributed by atoms with Crippen LogP contribution in [0.3, 0.4) is 0 Å². The highest BCUT2D eigenvalue weighted by molar-refractivity contribution is 6.33. The van der Waals surface area contributed by atoms with Crippen LogP contribution in [0.5, 0.6) is 0 Å². The molecule has 0 spiro atoms. The Labute approximate surface area is 94.6 Å². The monoisotopic (exact) mass is 230 g/mol. The molecule has 84 valence electrons. The van der Waals surface area contributed by atoms with E-state index < -0.39 is 0 Å². The highest BCUT2D eigenvalue weighted by atomic mass is 35.5. The van der Waals surface area contributed by atoms with Gasteiger partial charge in [0.05, 0.1) is 10.7 Å². The molecule has 0 aromatic heterocycles. The maximum Gasteiger partial charge on any atom is 0.128 e. The van der Waals surface area contributed by atoms with Crippen LogP contribution in [0.15, 0.2) is 12.1 Å². The summed E-state index contributed by atoms with van der Waals surface area (Å²) < 4.78 is 13.2. The first-order chi connectivity index (χ1) is 7.04. The molecule has 0 amide bonds. The lowest BCUT2D eigenvalue weighted by atomic mass is 10.1. The summed E-state index contributed by atoms with van der Waals surface area (Å²) in [4.78, 5) is 0. The lowest BCUT2D eigenvalue weighted by molar-refractivity contribution is 0.615. The van der Waals surface area contributed by atoms with Crippen LogP contribution in [-0.4, -0.2) is 13.1 Å². The minimum atomic E-state index is -0.248. The third kappa shape index (κ3) is 3.36. The van der Waals surface area contributed by atoms with Gasteiger partial charge in [0.15, 0.2) is 0 Å². The van der Waals surface area contributed by atoms with Crippen molar-refractivity contribution in [3.05, 3.63) is 28.5 Å². The number of benzene rings is 1. The topological polar surface area (TPSA) is 38.0 Å². The predicted octanol–water partition coefficient (Wildman–Crippen LogP) is 2.79. The molecule has 1 aromatic rings. The van der Waals surface area contributed by atoms with E-state index in [0.717, 1.165) is 0 Å². The van der Waals surface area contributed by atoms with Gasteiger partial charge >= 0.3 is 0 Å². The van der Waals surface area contributed by atoms with Gasteiger partial charge in [0.1, 0.15) is 5.82 Å². The predicted molar refractivity (Wildman–Crippen MR) is 62.9 cm³/mol. The average Bonchev–Trinajstić information content (AvgIpc) is 2.21. The summed E-state index contributed by atoms with van der Waals surface area (Å²) in [5.41, 5.74) is 6.66. The van der Waals surface area contributed by atoms with Crippen molar-refractivity contribution in [3.63, 3.8) is 0 Å². The first-order valence-corrected chi connectivity index (χ1v) is 5.32. The number of halogens is 2. The molecular weight excluding hydrogens is 215 g/mol. The number of aryl methyl sites for hydroxylation is 1. The summed E-state index contributed by atoms with van der Waals surface area (Å²) >= 11 is 5.97. The summed E-state index contributed by atoms with van der Waals surface area (Å²) in [7, 11) is 0. The molecule has 3 N–H and O–H groups in total. The highest BCUT2D eigenvalue weighted by Gasteiger charge is 2.06. The molecule has 0 aliphatic carbocycles. The van der Waals surface area contributed by atoms with Crippen LogP contribution in [-0.2, 0) is 0 Å². The fourth-order valence-corrected chi connectivity index (χ4v) is 1.43. The molecule has 1 aromatic carbocycles. The second-order valence-electron chi connectivity index (χ2n) is 3.80. The van der Waals surface area contributed by atoms with E-state index in [1.165, 1.54) is 6.07 Å². The first kappa shape index (κ1) is 12.3. The Hall–Kier alpha value is -0.800. The van der Waals surface area contributed by atoms with Gasteiger partial charge in [-0.05, 0) is 37.1 Å². The molecule has 15 heavy (non-hydrogen) atoms. The van der Waals surface area contributed by atoms with Crippen LogP contribution in [0.1, 0.15) is 12.5 Å². The van der Waals surface area contributed by atoms with Crippen LogP contribution >= 0.6 is 11.6 Å². The Morgan fingerprint density at radius 2 is 2.20 bits per heavy atom.